The van der Waals surface area contributed by atoms with E-state index in [1.54, 1.807) is 12.4 Å². The Morgan fingerprint density at radius 2 is 1.93 bits per heavy atom. The van der Waals surface area contributed by atoms with E-state index in [1.165, 1.54) is 0 Å². The Morgan fingerprint density at radius 1 is 1.00 bits per heavy atom. The van der Waals surface area contributed by atoms with E-state index in [4.69, 9.17) is 4.98 Å². The molecule has 1 aliphatic rings. The fourth-order valence-corrected chi connectivity index (χ4v) is 3.42. The molecule has 0 saturated heterocycles. The molecule has 0 spiro atoms. The summed E-state index contributed by atoms with van der Waals surface area (Å²) in [5.74, 6) is 0.760. The number of nitrogens with zero attached hydrogens (tertiary/aromatic N) is 3. The molecule has 0 atom stereocenters. The van der Waals surface area contributed by atoms with Crippen molar-refractivity contribution in [3.05, 3.63) is 84.3 Å². The molecule has 2 aromatic carbocycles. The predicted molar refractivity (Wildman–Crippen MR) is 111 cm³/mol. The molecular weight excluding hydrogens is 346 g/mol. The van der Waals surface area contributed by atoms with Crippen LogP contribution in [0.5, 0.6) is 0 Å². The van der Waals surface area contributed by atoms with Gasteiger partial charge in [-0.25, -0.2) is 9.97 Å². The van der Waals surface area contributed by atoms with E-state index >= 15 is 0 Å². The van der Waals surface area contributed by atoms with E-state index in [1.807, 2.05) is 42.5 Å². The van der Waals surface area contributed by atoms with E-state index in [-0.39, 0.29) is 0 Å². The van der Waals surface area contributed by atoms with Crippen LogP contribution in [0, 0.1) is 11.3 Å². The molecule has 5 nitrogen and oxygen atoms in total. The Labute approximate surface area is 161 Å². The highest BCUT2D eigenvalue weighted by Crippen LogP contribution is 2.37. The Morgan fingerprint density at radius 3 is 2.82 bits per heavy atom. The van der Waals surface area contributed by atoms with Gasteiger partial charge in [0, 0.05) is 22.4 Å². The van der Waals surface area contributed by atoms with Crippen molar-refractivity contribution >= 4 is 22.9 Å². The molecule has 2 aromatic heterocycles. The molecule has 5 rings (SSSR count). The van der Waals surface area contributed by atoms with Crippen molar-refractivity contribution < 1.29 is 0 Å². The largest absolute Gasteiger partial charge is 0.345 e. The maximum atomic E-state index is 9.30. The van der Waals surface area contributed by atoms with Crippen LogP contribution in [0.4, 0.5) is 5.82 Å². The molecule has 0 bridgehead atoms. The van der Waals surface area contributed by atoms with Gasteiger partial charge < -0.3 is 10.3 Å². The fraction of sp³-hybridized carbons (Fsp3) is 0. The van der Waals surface area contributed by atoms with Gasteiger partial charge in [-0.05, 0) is 48.0 Å². The quantitative estimate of drug-likeness (QED) is 0.520. The highest BCUT2D eigenvalue weighted by atomic mass is 15.0. The molecule has 0 saturated carbocycles. The van der Waals surface area contributed by atoms with Gasteiger partial charge in [-0.3, -0.25) is 0 Å². The molecule has 0 amide bonds. The summed E-state index contributed by atoms with van der Waals surface area (Å²) in [6, 6.07) is 17.9. The lowest BCUT2D eigenvalue weighted by molar-refractivity contribution is 1.27. The number of hydrogen-bond donors (Lipinski definition) is 2. The number of aromatic nitrogens is 3. The molecule has 132 valence electrons. The number of benzene rings is 2. The number of H-pyrrole nitrogens is 1. The summed E-state index contributed by atoms with van der Waals surface area (Å²) in [5, 5.41) is 12.5. The number of fused-ring (bicyclic) bond motifs is 2. The summed E-state index contributed by atoms with van der Waals surface area (Å²) in [5.41, 5.74) is 8.00. The first-order valence-corrected chi connectivity index (χ1v) is 8.84. The fourth-order valence-electron chi connectivity index (χ4n) is 3.42. The molecule has 0 unspecified atom stereocenters. The molecule has 4 aromatic rings. The molecule has 0 aliphatic carbocycles. The molecular formula is C23H15N5. The second-order valence-electron chi connectivity index (χ2n) is 6.63. The number of allylic oxidation sites excluding steroid dienone is 1. The Balaban J connectivity index is 1.78. The van der Waals surface area contributed by atoms with Gasteiger partial charge in [0.15, 0.2) is 0 Å². The van der Waals surface area contributed by atoms with E-state index in [0.29, 0.717) is 5.56 Å². The second-order valence-corrected chi connectivity index (χ2v) is 6.63. The molecule has 0 fully saturated rings. The van der Waals surface area contributed by atoms with E-state index in [9.17, 15) is 5.26 Å². The first kappa shape index (κ1) is 16.0. The van der Waals surface area contributed by atoms with Crippen molar-refractivity contribution in [2.45, 2.75) is 0 Å². The zero-order chi connectivity index (χ0) is 19.1. The van der Waals surface area contributed by atoms with Crippen LogP contribution in [0.25, 0.3) is 39.5 Å². The lowest BCUT2D eigenvalue weighted by atomic mass is 9.95. The van der Waals surface area contributed by atoms with Crippen LogP contribution in [0.15, 0.2) is 73.2 Å². The summed E-state index contributed by atoms with van der Waals surface area (Å²) >= 11 is 0. The minimum Gasteiger partial charge on any atom is -0.345 e. The Bertz CT molecular complexity index is 1320. The number of hydrogen-bond acceptors (Lipinski definition) is 4. The van der Waals surface area contributed by atoms with E-state index in [0.717, 1.165) is 50.5 Å². The lowest BCUT2D eigenvalue weighted by Gasteiger charge is -2.18. The molecule has 1 aliphatic heterocycles. The number of nitriles is 1. The summed E-state index contributed by atoms with van der Waals surface area (Å²) in [6.45, 7) is 3.96. The number of rotatable bonds is 2. The van der Waals surface area contributed by atoms with Gasteiger partial charge in [0.05, 0.1) is 34.7 Å². The van der Waals surface area contributed by atoms with Crippen molar-refractivity contribution in [1.82, 2.24) is 15.0 Å². The smallest absolute Gasteiger partial charge is 0.138 e. The lowest BCUT2D eigenvalue weighted by Crippen LogP contribution is -2.06. The average molecular weight is 361 g/mol. The van der Waals surface area contributed by atoms with Crippen LogP contribution in [0.2, 0.25) is 0 Å². The summed E-state index contributed by atoms with van der Waals surface area (Å²) < 4.78 is 0. The molecule has 28 heavy (non-hydrogen) atoms. The number of anilines is 1. The normalized spacial score (nSPS) is 12.5. The highest BCUT2D eigenvalue weighted by Gasteiger charge is 2.17. The van der Waals surface area contributed by atoms with Crippen molar-refractivity contribution in [2.24, 2.45) is 0 Å². The average Bonchev–Trinajstić information content (AvgIpc) is 3.20. The topological polar surface area (TPSA) is 77.4 Å². The van der Waals surface area contributed by atoms with Gasteiger partial charge in [0.2, 0.25) is 0 Å². The van der Waals surface area contributed by atoms with Gasteiger partial charge in [0.1, 0.15) is 5.82 Å². The van der Waals surface area contributed by atoms with Gasteiger partial charge in [-0.1, -0.05) is 24.8 Å². The second kappa shape index (κ2) is 6.22. The van der Waals surface area contributed by atoms with Gasteiger partial charge in [-0.15, -0.1) is 0 Å². The van der Waals surface area contributed by atoms with Crippen molar-refractivity contribution in [1.29, 1.82) is 5.26 Å². The third-order valence-electron chi connectivity index (χ3n) is 4.79. The SMILES string of the molecule is C=C1C=Cc2cc(-c3ccc4nc[nH]c4c3)c(-c3cccc(C#N)c3)nc2N1. The van der Waals surface area contributed by atoms with Crippen molar-refractivity contribution in [2.75, 3.05) is 5.32 Å². The number of aromatic amines is 1. The van der Waals surface area contributed by atoms with Crippen LogP contribution in [0.1, 0.15) is 11.1 Å². The minimum absolute atomic E-state index is 0.601. The Kier molecular flexibility index (Phi) is 3.56. The van der Waals surface area contributed by atoms with Crippen LogP contribution in [-0.4, -0.2) is 15.0 Å². The van der Waals surface area contributed by atoms with Crippen molar-refractivity contribution in [3.8, 4) is 28.5 Å². The molecule has 5 heteroatoms. The summed E-state index contributed by atoms with van der Waals surface area (Å²) in [7, 11) is 0. The zero-order valence-corrected chi connectivity index (χ0v) is 14.9. The monoisotopic (exact) mass is 361 g/mol. The number of pyridine rings is 1. The standard InChI is InChI=1S/C23H15N5/c1-14-5-6-18-10-19(16-7-8-20-21(11-16)26-13-25-20)22(28-23(18)27-14)17-4-2-3-15(9-17)12-24/h2-11,13H,1H2,(H,25,26)(H,27,28). The third kappa shape index (κ3) is 2.65. The van der Waals surface area contributed by atoms with Crippen molar-refractivity contribution in [3.63, 3.8) is 0 Å². The van der Waals surface area contributed by atoms with Gasteiger partial charge >= 0.3 is 0 Å². The van der Waals surface area contributed by atoms with Crippen LogP contribution < -0.4 is 5.32 Å². The van der Waals surface area contributed by atoms with E-state index < -0.39 is 0 Å². The zero-order valence-electron chi connectivity index (χ0n) is 14.9. The maximum absolute atomic E-state index is 9.30. The highest BCUT2D eigenvalue weighted by molar-refractivity contribution is 5.90. The molecule has 3 heterocycles. The first-order chi connectivity index (χ1) is 13.7. The maximum Gasteiger partial charge on any atom is 0.138 e. The number of imidazole rings is 1. The first-order valence-electron chi connectivity index (χ1n) is 8.84. The van der Waals surface area contributed by atoms with Gasteiger partial charge in [0.25, 0.3) is 0 Å². The minimum atomic E-state index is 0.601. The number of nitrogens with one attached hydrogen (secondary N) is 2. The molecule has 2 N–H and O–H groups in total. The van der Waals surface area contributed by atoms with E-state index in [2.05, 4.69) is 40.1 Å². The van der Waals surface area contributed by atoms with Crippen LogP contribution in [0.3, 0.4) is 0 Å². The Hall–Kier alpha value is -4.17. The van der Waals surface area contributed by atoms with Crippen LogP contribution >= 0.6 is 0 Å². The summed E-state index contributed by atoms with van der Waals surface area (Å²) in [4.78, 5) is 12.4. The molecule has 0 radical (unpaired) electrons. The third-order valence-corrected chi connectivity index (χ3v) is 4.79. The predicted octanol–water partition coefficient (Wildman–Crippen LogP) is 5.12. The van der Waals surface area contributed by atoms with Gasteiger partial charge in [-0.2, -0.15) is 5.26 Å². The van der Waals surface area contributed by atoms with Crippen LogP contribution in [-0.2, 0) is 0 Å². The summed E-state index contributed by atoms with van der Waals surface area (Å²) in [6.07, 6.45) is 5.63.